The highest BCUT2D eigenvalue weighted by Crippen LogP contribution is 2.26. The van der Waals surface area contributed by atoms with Gasteiger partial charge in [0, 0.05) is 27.9 Å². The number of benzene rings is 1. The van der Waals surface area contributed by atoms with Gasteiger partial charge in [-0.3, -0.25) is 0 Å². The van der Waals surface area contributed by atoms with Crippen LogP contribution in [0, 0.1) is 13.8 Å². The van der Waals surface area contributed by atoms with E-state index in [0.717, 1.165) is 35.6 Å². The zero-order valence-corrected chi connectivity index (χ0v) is 13.8. The van der Waals surface area contributed by atoms with Crippen molar-refractivity contribution in [3.05, 3.63) is 56.6 Å². The quantitative estimate of drug-likeness (QED) is 0.908. The number of hydrogen-bond donors (Lipinski definition) is 1. The zero-order valence-electron chi connectivity index (χ0n) is 12.3. The van der Waals surface area contributed by atoms with Crippen LogP contribution in [-0.4, -0.2) is 16.5 Å². The Balaban J connectivity index is 2.30. The largest absolute Gasteiger partial charge is 0.330 e. The first kappa shape index (κ1) is 16.2. The molecule has 2 N–H and O–H groups in total. The molecule has 112 valence electrons. The minimum atomic E-state index is 0.539. The first-order valence-corrected chi connectivity index (χ1v) is 7.74. The summed E-state index contributed by atoms with van der Waals surface area (Å²) in [7, 11) is 0. The molecule has 2 aromatic rings. The fourth-order valence-electron chi connectivity index (χ4n) is 2.39. The van der Waals surface area contributed by atoms with Crippen LogP contribution in [0.3, 0.4) is 0 Å². The molecule has 0 unspecified atom stereocenters. The van der Waals surface area contributed by atoms with E-state index in [-0.39, 0.29) is 0 Å². The van der Waals surface area contributed by atoms with Crippen molar-refractivity contribution in [1.82, 2.24) is 9.97 Å². The van der Waals surface area contributed by atoms with Gasteiger partial charge in [-0.05, 0) is 56.5 Å². The Hall–Kier alpha value is -1.16. The summed E-state index contributed by atoms with van der Waals surface area (Å²) in [6.07, 6.45) is 2.40. The van der Waals surface area contributed by atoms with Crippen LogP contribution in [0.2, 0.25) is 10.0 Å². The molecule has 1 aromatic carbocycles. The normalized spacial score (nSPS) is 10.9. The van der Waals surface area contributed by atoms with Gasteiger partial charge in [-0.25, -0.2) is 9.97 Å². The highest BCUT2D eigenvalue weighted by Gasteiger charge is 2.12. The number of aromatic nitrogens is 2. The molecule has 1 heterocycles. The number of nitrogens with zero attached hydrogens (tertiary/aromatic N) is 2. The molecule has 0 aliphatic carbocycles. The van der Waals surface area contributed by atoms with Gasteiger partial charge in [-0.2, -0.15) is 0 Å². The maximum absolute atomic E-state index is 6.20. The van der Waals surface area contributed by atoms with Gasteiger partial charge in [0.1, 0.15) is 5.82 Å². The van der Waals surface area contributed by atoms with Gasteiger partial charge in [-0.1, -0.05) is 29.3 Å². The first-order chi connectivity index (χ1) is 10.0. The lowest BCUT2D eigenvalue weighted by Crippen LogP contribution is -2.08. The van der Waals surface area contributed by atoms with Crippen LogP contribution in [0.15, 0.2) is 18.2 Å². The van der Waals surface area contributed by atoms with Crippen molar-refractivity contribution in [3.63, 3.8) is 0 Å². The van der Waals surface area contributed by atoms with E-state index in [2.05, 4.69) is 9.97 Å². The molecule has 0 atom stereocenters. The molecule has 2 rings (SSSR count). The van der Waals surface area contributed by atoms with E-state index in [4.69, 9.17) is 28.9 Å². The van der Waals surface area contributed by atoms with Gasteiger partial charge >= 0.3 is 0 Å². The SMILES string of the molecule is Cc1nc(Cc2c(Cl)cccc2Cl)nc(C)c1CCCN. The Kier molecular flexibility index (Phi) is 5.57. The minimum Gasteiger partial charge on any atom is -0.330 e. The van der Waals surface area contributed by atoms with E-state index in [1.54, 1.807) is 0 Å². The maximum Gasteiger partial charge on any atom is 0.133 e. The predicted octanol–water partition coefficient (Wildman–Crippen LogP) is 3.88. The molecule has 0 radical (unpaired) electrons. The smallest absolute Gasteiger partial charge is 0.133 e. The van der Waals surface area contributed by atoms with Crippen LogP contribution in [0.5, 0.6) is 0 Å². The van der Waals surface area contributed by atoms with Crippen LogP contribution in [0.25, 0.3) is 0 Å². The fourth-order valence-corrected chi connectivity index (χ4v) is 2.92. The van der Waals surface area contributed by atoms with E-state index in [9.17, 15) is 0 Å². The van der Waals surface area contributed by atoms with Gasteiger partial charge < -0.3 is 5.73 Å². The molecular formula is C16H19Cl2N3. The van der Waals surface area contributed by atoms with Crippen molar-refractivity contribution in [3.8, 4) is 0 Å². The number of aryl methyl sites for hydroxylation is 2. The highest BCUT2D eigenvalue weighted by atomic mass is 35.5. The van der Waals surface area contributed by atoms with Gasteiger partial charge in [0.2, 0.25) is 0 Å². The van der Waals surface area contributed by atoms with Gasteiger partial charge in [0.15, 0.2) is 0 Å². The van der Waals surface area contributed by atoms with Crippen molar-refractivity contribution < 1.29 is 0 Å². The molecule has 5 heteroatoms. The summed E-state index contributed by atoms with van der Waals surface area (Å²) in [6, 6.07) is 5.50. The van der Waals surface area contributed by atoms with Crippen LogP contribution >= 0.6 is 23.2 Å². The third-order valence-corrected chi connectivity index (χ3v) is 4.20. The Bertz CT molecular complexity index is 598. The molecule has 0 fully saturated rings. The van der Waals surface area contributed by atoms with Crippen LogP contribution in [0.4, 0.5) is 0 Å². The standard InChI is InChI=1S/C16H19Cl2N3/c1-10-12(5-4-8-19)11(2)21-16(20-10)9-13-14(17)6-3-7-15(13)18/h3,6-7H,4-5,8-9,19H2,1-2H3. The van der Waals surface area contributed by atoms with Gasteiger partial charge in [0.05, 0.1) is 0 Å². The van der Waals surface area contributed by atoms with E-state index in [0.29, 0.717) is 23.0 Å². The second-order valence-corrected chi connectivity index (χ2v) is 5.87. The molecule has 0 aliphatic rings. The number of rotatable bonds is 5. The first-order valence-electron chi connectivity index (χ1n) is 6.99. The van der Waals surface area contributed by atoms with E-state index >= 15 is 0 Å². The van der Waals surface area contributed by atoms with Crippen molar-refractivity contribution in [2.75, 3.05) is 6.54 Å². The Labute approximate surface area is 135 Å². The summed E-state index contributed by atoms with van der Waals surface area (Å²) < 4.78 is 0. The van der Waals surface area contributed by atoms with Crippen LogP contribution < -0.4 is 5.73 Å². The van der Waals surface area contributed by atoms with Crippen molar-refractivity contribution in [2.24, 2.45) is 5.73 Å². The van der Waals surface area contributed by atoms with Crippen LogP contribution in [-0.2, 0) is 12.8 Å². The average Bonchev–Trinajstić information content (AvgIpc) is 2.42. The predicted molar refractivity (Wildman–Crippen MR) is 88.1 cm³/mol. The summed E-state index contributed by atoms with van der Waals surface area (Å²) in [4.78, 5) is 9.19. The molecule has 21 heavy (non-hydrogen) atoms. The van der Waals surface area contributed by atoms with E-state index in [1.165, 1.54) is 5.56 Å². The average molecular weight is 324 g/mol. The highest BCUT2D eigenvalue weighted by molar-refractivity contribution is 6.36. The molecule has 0 spiro atoms. The Morgan fingerprint density at radius 2 is 1.57 bits per heavy atom. The van der Waals surface area contributed by atoms with Crippen molar-refractivity contribution >= 4 is 23.2 Å². The molecule has 1 aromatic heterocycles. The third kappa shape index (κ3) is 3.94. The lowest BCUT2D eigenvalue weighted by atomic mass is 10.1. The summed E-state index contributed by atoms with van der Waals surface area (Å²) >= 11 is 12.4. The minimum absolute atomic E-state index is 0.539. The Morgan fingerprint density at radius 1 is 1.00 bits per heavy atom. The van der Waals surface area contributed by atoms with E-state index in [1.807, 2.05) is 32.0 Å². The van der Waals surface area contributed by atoms with Crippen molar-refractivity contribution in [1.29, 1.82) is 0 Å². The monoisotopic (exact) mass is 323 g/mol. The third-order valence-electron chi connectivity index (χ3n) is 3.49. The summed E-state index contributed by atoms with van der Waals surface area (Å²) in [5, 5.41) is 1.29. The molecule has 0 amide bonds. The van der Waals surface area contributed by atoms with Gasteiger partial charge in [0.25, 0.3) is 0 Å². The summed E-state index contributed by atoms with van der Waals surface area (Å²) in [5.41, 5.74) is 9.65. The lowest BCUT2D eigenvalue weighted by Gasteiger charge is -2.12. The fraction of sp³-hybridized carbons (Fsp3) is 0.375. The maximum atomic E-state index is 6.20. The molecule has 0 bridgehead atoms. The second kappa shape index (κ2) is 7.21. The molecule has 3 nitrogen and oxygen atoms in total. The summed E-state index contributed by atoms with van der Waals surface area (Å²) in [5.74, 6) is 0.747. The number of nitrogens with two attached hydrogens (primary N) is 1. The van der Waals surface area contributed by atoms with Gasteiger partial charge in [-0.15, -0.1) is 0 Å². The molecule has 0 aliphatic heterocycles. The molecule has 0 saturated carbocycles. The second-order valence-electron chi connectivity index (χ2n) is 5.06. The molecular weight excluding hydrogens is 305 g/mol. The zero-order chi connectivity index (χ0) is 15.4. The van der Waals surface area contributed by atoms with Crippen molar-refractivity contribution in [2.45, 2.75) is 33.1 Å². The summed E-state index contributed by atoms with van der Waals surface area (Å²) in [6.45, 7) is 4.70. The number of halogens is 2. The topological polar surface area (TPSA) is 51.8 Å². The Morgan fingerprint density at radius 3 is 2.10 bits per heavy atom. The lowest BCUT2D eigenvalue weighted by molar-refractivity contribution is 0.791. The molecule has 0 saturated heterocycles. The van der Waals surface area contributed by atoms with Crippen LogP contribution in [0.1, 0.15) is 34.8 Å². The number of hydrogen-bond acceptors (Lipinski definition) is 3. The van der Waals surface area contributed by atoms with E-state index < -0.39 is 0 Å².